The Morgan fingerprint density at radius 1 is 1.21 bits per heavy atom. The first kappa shape index (κ1) is 11.2. The molecule has 1 aromatic carbocycles. The van der Waals surface area contributed by atoms with Gasteiger partial charge in [-0.3, -0.25) is 0 Å². The highest BCUT2D eigenvalue weighted by atomic mass is 28.2. The van der Waals surface area contributed by atoms with Crippen LogP contribution in [0.25, 0.3) is 5.57 Å². The average Bonchev–Trinajstić information content (AvgIpc) is 2.26. The van der Waals surface area contributed by atoms with E-state index in [0.29, 0.717) is 9.76 Å². The van der Waals surface area contributed by atoms with Crippen molar-refractivity contribution in [2.75, 3.05) is 6.61 Å². The Hall–Kier alpha value is -0.863. The quantitative estimate of drug-likeness (QED) is 0.685. The topological polar surface area (TPSA) is 9.23 Å². The van der Waals surface area contributed by atoms with Crippen LogP contribution in [0.3, 0.4) is 0 Å². The fourth-order valence-electron chi connectivity index (χ4n) is 1.16. The van der Waals surface area contributed by atoms with Crippen molar-refractivity contribution in [3.63, 3.8) is 0 Å². The molecule has 0 spiro atoms. The molecule has 1 aromatic rings. The number of hydrogen-bond acceptors (Lipinski definition) is 1. The van der Waals surface area contributed by atoms with E-state index in [9.17, 15) is 0 Å². The molecule has 0 fully saturated rings. The Kier molecular flexibility index (Phi) is 4.63. The molecule has 0 unspecified atom stereocenters. The average molecular weight is 204 g/mol. The van der Waals surface area contributed by atoms with Crippen LogP contribution in [0.15, 0.2) is 35.5 Å². The van der Waals surface area contributed by atoms with E-state index in [1.807, 2.05) is 13.0 Å². The standard InChI is InChI=1S/C12H16OSi/c1-4-13-14-11(3)10(2)12-8-6-5-7-9-12/h5-9H,4H2,1-3H3. The molecule has 74 valence electrons. The Morgan fingerprint density at radius 2 is 1.86 bits per heavy atom. The summed E-state index contributed by atoms with van der Waals surface area (Å²) in [5.74, 6) is 0. The van der Waals surface area contributed by atoms with Crippen LogP contribution in [0.1, 0.15) is 26.3 Å². The van der Waals surface area contributed by atoms with Crippen LogP contribution < -0.4 is 0 Å². The van der Waals surface area contributed by atoms with Crippen molar-refractivity contribution >= 4 is 15.3 Å². The minimum absolute atomic E-state index is 0.491. The van der Waals surface area contributed by atoms with Gasteiger partial charge >= 0.3 is 0 Å². The maximum atomic E-state index is 5.41. The van der Waals surface area contributed by atoms with Crippen LogP contribution in [0.2, 0.25) is 0 Å². The first-order chi connectivity index (χ1) is 6.75. The van der Waals surface area contributed by atoms with Crippen LogP contribution in [0.5, 0.6) is 0 Å². The number of rotatable bonds is 4. The lowest BCUT2D eigenvalue weighted by molar-refractivity contribution is 0.365. The fourth-order valence-corrected chi connectivity index (χ4v) is 1.82. The van der Waals surface area contributed by atoms with Gasteiger partial charge in [-0.05, 0) is 31.9 Å². The molecule has 0 aliphatic heterocycles. The molecule has 1 nitrogen and oxygen atoms in total. The first-order valence-electron chi connectivity index (χ1n) is 4.86. The maximum Gasteiger partial charge on any atom is 0.264 e. The molecule has 0 N–H and O–H groups in total. The summed E-state index contributed by atoms with van der Waals surface area (Å²) in [5.41, 5.74) is 2.62. The van der Waals surface area contributed by atoms with Crippen molar-refractivity contribution in [1.29, 1.82) is 0 Å². The SMILES string of the molecule is CCO[Si]C(C)=C(C)c1ccccc1. The summed E-state index contributed by atoms with van der Waals surface area (Å²) in [6.45, 7) is 7.10. The van der Waals surface area contributed by atoms with Gasteiger partial charge in [0.2, 0.25) is 0 Å². The van der Waals surface area contributed by atoms with Crippen LogP contribution in [0.4, 0.5) is 0 Å². The van der Waals surface area contributed by atoms with E-state index in [4.69, 9.17) is 4.43 Å². The second-order valence-electron chi connectivity index (χ2n) is 3.15. The summed E-state index contributed by atoms with van der Waals surface area (Å²) in [6, 6.07) is 10.4. The van der Waals surface area contributed by atoms with Gasteiger partial charge in [0.15, 0.2) is 0 Å². The molecule has 0 bridgehead atoms. The molecule has 0 aromatic heterocycles. The van der Waals surface area contributed by atoms with Crippen molar-refractivity contribution in [2.24, 2.45) is 0 Å². The molecule has 0 atom stereocenters. The summed E-state index contributed by atoms with van der Waals surface area (Å²) in [5, 5.41) is 1.33. The van der Waals surface area contributed by atoms with Gasteiger partial charge in [0, 0.05) is 6.61 Å². The van der Waals surface area contributed by atoms with Gasteiger partial charge in [-0.15, -0.1) is 0 Å². The van der Waals surface area contributed by atoms with Gasteiger partial charge in [0.25, 0.3) is 9.76 Å². The lowest BCUT2D eigenvalue weighted by atomic mass is 10.1. The lowest BCUT2D eigenvalue weighted by Gasteiger charge is -2.06. The van der Waals surface area contributed by atoms with Crippen molar-refractivity contribution in [3.05, 3.63) is 41.1 Å². The van der Waals surface area contributed by atoms with E-state index < -0.39 is 0 Å². The largest absolute Gasteiger partial charge is 0.412 e. The summed E-state index contributed by atoms with van der Waals surface area (Å²) >= 11 is 0. The van der Waals surface area contributed by atoms with Gasteiger partial charge in [0.1, 0.15) is 0 Å². The molecular formula is C12H16OSi. The molecule has 0 saturated heterocycles. The second kappa shape index (κ2) is 5.78. The molecule has 1 rings (SSSR count). The molecule has 2 heteroatoms. The van der Waals surface area contributed by atoms with Crippen LogP contribution in [0, 0.1) is 0 Å². The van der Waals surface area contributed by atoms with E-state index in [2.05, 4.69) is 38.1 Å². The van der Waals surface area contributed by atoms with Gasteiger partial charge in [0.05, 0.1) is 0 Å². The van der Waals surface area contributed by atoms with E-state index in [1.165, 1.54) is 16.3 Å². The van der Waals surface area contributed by atoms with Crippen LogP contribution in [-0.4, -0.2) is 16.4 Å². The third-order valence-corrected chi connectivity index (χ3v) is 3.25. The van der Waals surface area contributed by atoms with Crippen molar-refractivity contribution in [3.8, 4) is 0 Å². The highest BCUT2D eigenvalue weighted by Gasteiger charge is 2.01. The monoisotopic (exact) mass is 204 g/mol. The Balaban J connectivity index is 2.77. The summed E-state index contributed by atoms with van der Waals surface area (Å²) in [4.78, 5) is 0. The zero-order chi connectivity index (χ0) is 10.4. The van der Waals surface area contributed by atoms with Gasteiger partial charge in [-0.25, -0.2) is 0 Å². The van der Waals surface area contributed by atoms with Crippen LogP contribution >= 0.6 is 0 Å². The Morgan fingerprint density at radius 3 is 2.43 bits per heavy atom. The maximum absolute atomic E-state index is 5.41. The fraction of sp³-hybridized carbons (Fsp3) is 0.333. The Bertz CT molecular complexity index is 303. The molecule has 0 aliphatic rings. The van der Waals surface area contributed by atoms with Gasteiger partial charge < -0.3 is 4.43 Å². The van der Waals surface area contributed by atoms with E-state index in [-0.39, 0.29) is 0 Å². The third-order valence-electron chi connectivity index (χ3n) is 2.14. The Labute approximate surface area is 88.7 Å². The normalized spacial score (nSPS) is 12.5. The highest BCUT2D eigenvalue weighted by Crippen LogP contribution is 2.16. The summed E-state index contributed by atoms with van der Waals surface area (Å²) in [7, 11) is 0.491. The predicted octanol–water partition coefficient (Wildman–Crippen LogP) is 3.09. The van der Waals surface area contributed by atoms with Gasteiger partial charge in [-0.2, -0.15) is 0 Å². The lowest BCUT2D eigenvalue weighted by Crippen LogP contribution is -2.01. The molecule has 0 saturated carbocycles. The number of hydrogen-bond donors (Lipinski definition) is 0. The number of benzene rings is 1. The third kappa shape index (κ3) is 3.12. The first-order valence-corrected chi connectivity index (χ1v) is 5.77. The van der Waals surface area contributed by atoms with Crippen molar-refractivity contribution < 1.29 is 4.43 Å². The number of allylic oxidation sites excluding steroid dienone is 2. The highest BCUT2D eigenvalue weighted by molar-refractivity contribution is 6.40. The minimum Gasteiger partial charge on any atom is -0.412 e. The minimum atomic E-state index is 0.491. The zero-order valence-corrected chi connectivity index (χ0v) is 10.0. The van der Waals surface area contributed by atoms with Crippen molar-refractivity contribution in [2.45, 2.75) is 20.8 Å². The van der Waals surface area contributed by atoms with Crippen LogP contribution in [-0.2, 0) is 4.43 Å². The molecule has 2 radical (unpaired) electrons. The van der Waals surface area contributed by atoms with Crippen molar-refractivity contribution in [1.82, 2.24) is 0 Å². The molecule has 14 heavy (non-hydrogen) atoms. The zero-order valence-electron chi connectivity index (χ0n) is 9.00. The molecular weight excluding hydrogens is 188 g/mol. The summed E-state index contributed by atoms with van der Waals surface area (Å²) < 4.78 is 5.41. The van der Waals surface area contributed by atoms with E-state index >= 15 is 0 Å². The smallest absolute Gasteiger partial charge is 0.264 e. The van der Waals surface area contributed by atoms with E-state index in [0.717, 1.165) is 6.61 Å². The van der Waals surface area contributed by atoms with E-state index in [1.54, 1.807) is 0 Å². The molecule has 0 aliphatic carbocycles. The predicted molar refractivity (Wildman–Crippen MR) is 62.1 cm³/mol. The second-order valence-corrected chi connectivity index (χ2v) is 4.39. The van der Waals surface area contributed by atoms with Gasteiger partial charge in [-0.1, -0.05) is 35.5 Å². The molecule has 0 heterocycles. The molecule has 0 amide bonds. The summed E-state index contributed by atoms with van der Waals surface area (Å²) in [6.07, 6.45) is 0.